The van der Waals surface area contributed by atoms with Crippen LogP contribution in [0.1, 0.15) is 25.2 Å². The van der Waals surface area contributed by atoms with Gasteiger partial charge in [-0.05, 0) is 37.6 Å². The third-order valence-electron chi connectivity index (χ3n) is 5.16. The maximum absolute atomic E-state index is 12.8. The van der Waals surface area contributed by atoms with Gasteiger partial charge in [0.25, 0.3) is 11.5 Å². The van der Waals surface area contributed by atoms with E-state index in [2.05, 4.69) is 10.3 Å². The maximum Gasteiger partial charge on any atom is 0.332 e. The van der Waals surface area contributed by atoms with Gasteiger partial charge in [0.15, 0.2) is 29.3 Å². The number of rotatable bonds is 8. The molecule has 1 aromatic carbocycles. The van der Waals surface area contributed by atoms with Gasteiger partial charge in [-0.1, -0.05) is 12.1 Å². The van der Waals surface area contributed by atoms with Crippen LogP contribution in [0.3, 0.4) is 0 Å². The standard InChI is InChI=1S/C22H27N5O5/c1-6-26-20-19(21(29)27(7-2)22(26)30)25(4)17(24-20)11-9-14-8-10-15(16(12-14)31-5)32-13-18(28)23-3/h8-12H,6-7,13H2,1-5H3,(H,23,28). The van der Waals surface area contributed by atoms with Crippen LogP contribution in [0.25, 0.3) is 23.3 Å². The average Bonchev–Trinajstić information content (AvgIpc) is 3.12. The zero-order valence-electron chi connectivity index (χ0n) is 18.8. The Morgan fingerprint density at radius 2 is 1.84 bits per heavy atom. The second-order valence-electron chi connectivity index (χ2n) is 6.98. The molecule has 2 aromatic heterocycles. The molecule has 0 atom stereocenters. The van der Waals surface area contributed by atoms with Crippen molar-refractivity contribution in [3.8, 4) is 11.5 Å². The van der Waals surface area contributed by atoms with E-state index in [9.17, 15) is 14.4 Å². The number of hydrogen-bond acceptors (Lipinski definition) is 6. The first-order valence-corrected chi connectivity index (χ1v) is 10.3. The molecule has 0 bridgehead atoms. The fraction of sp³-hybridized carbons (Fsp3) is 0.364. The van der Waals surface area contributed by atoms with Crippen molar-refractivity contribution in [1.29, 1.82) is 0 Å². The zero-order valence-corrected chi connectivity index (χ0v) is 18.8. The number of methoxy groups -OCH3 is 1. The number of imidazole rings is 1. The number of carbonyl (C=O) groups excluding carboxylic acids is 1. The SMILES string of the molecule is CCn1c(=O)c2c(nc(C=Cc3ccc(OCC(=O)NC)c(OC)c3)n2C)n(CC)c1=O. The van der Waals surface area contributed by atoms with Crippen molar-refractivity contribution in [3.05, 3.63) is 50.4 Å². The Kier molecular flexibility index (Phi) is 6.82. The molecule has 170 valence electrons. The number of ether oxygens (including phenoxy) is 2. The maximum atomic E-state index is 12.8. The highest BCUT2D eigenvalue weighted by atomic mass is 16.5. The van der Waals surface area contributed by atoms with Gasteiger partial charge >= 0.3 is 5.69 Å². The summed E-state index contributed by atoms with van der Waals surface area (Å²) >= 11 is 0. The van der Waals surface area contributed by atoms with Gasteiger partial charge < -0.3 is 19.4 Å². The molecule has 3 aromatic rings. The molecule has 1 amide bonds. The summed E-state index contributed by atoms with van der Waals surface area (Å²) in [7, 11) is 4.80. The van der Waals surface area contributed by atoms with Crippen molar-refractivity contribution < 1.29 is 14.3 Å². The highest BCUT2D eigenvalue weighted by molar-refractivity contribution is 5.78. The Labute approximate surface area is 184 Å². The third kappa shape index (κ3) is 4.16. The van der Waals surface area contributed by atoms with E-state index in [0.29, 0.717) is 35.0 Å². The topological polar surface area (TPSA) is 109 Å². The first-order chi connectivity index (χ1) is 15.4. The van der Waals surface area contributed by atoms with Crippen LogP contribution in [0.2, 0.25) is 0 Å². The summed E-state index contributed by atoms with van der Waals surface area (Å²) in [4.78, 5) is 41.4. The molecular weight excluding hydrogens is 414 g/mol. The number of nitrogens with zero attached hydrogens (tertiary/aromatic N) is 4. The fourth-order valence-electron chi connectivity index (χ4n) is 3.39. The van der Waals surface area contributed by atoms with E-state index in [1.54, 1.807) is 36.7 Å². The molecule has 0 saturated heterocycles. The lowest BCUT2D eigenvalue weighted by Gasteiger charge is -2.10. The Morgan fingerprint density at radius 1 is 1.12 bits per heavy atom. The predicted octanol–water partition coefficient (Wildman–Crippen LogP) is 1.24. The quantitative estimate of drug-likeness (QED) is 0.563. The second kappa shape index (κ2) is 9.54. The second-order valence-corrected chi connectivity index (χ2v) is 6.98. The van der Waals surface area contributed by atoms with Crippen LogP contribution in [0.5, 0.6) is 11.5 Å². The van der Waals surface area contributed by atoms with Gasteiger partial charge in [0, 0.05) is 27.2 Å². The highest BCUT2D eigenvalue weighted by Gasteiger charge is 2.17. The summed E-state index contributed by atoms with van der Waals surface area (Å²) < 4.78 is 15.2. The molecule has 0 fully saturated rings. The van der Waals surface area contributed by atoms with Crippen molar-refractivity contribution in [1.82, 2.24) is 24.0 Å². The molecular formula is C22H27N5O5. The molecule has 32 heavy (non-hydrogen) atoms. The van der Waals surface area contributed by atoms with Crippen molar-refractivity contribution in [3.63, 3.8) is 0 Å². The van der Waals surface area contributed by atoms with Gasteiger partial charge in [-0.15, -0.1) is 0 Å². The molecule has 0 unspecified atom stereocenters. The van der Waals surface area contributed by atoms with E-state index >= 15 is 0 Å². The van der Waals surface area contributed by atoms with Crippen molar-refractivity contribution in [2.45, 2.75) is 26.9 Å². The van der Waals surface area contributed by atoms with Crippen LogP contribution in [-0.2, 0) is 24.9 Å². The average molecular weight is 441 g/mol. The van der Waals surface area contributed by atoms with Gasteiger partial charge in [0.05, 0.1) is 7.11 Å². The van der Waals surface area contributed by atoms with Crippen LogP contribution in [-0.4, -0.2) is 45.4 Å². The summed E-state index contributed by atoms with van der Waals surface area (Å²) in [5.41, 5.74) is 0.831. The lowest BCUT2D eigenvalue weighted by Crippen LogP contribution is -2.39. The van der Waals surface area contributed by atoms with E-state index in [4.69, 9.17) is 9.47 Å². The zero-order chi connectivity index (χ0) is 23.4. The molecule has 0 aliphatic carbocycles. The number of likely N-dealkylation sites (N-methyl/N-ethyl adjacent to an activating group) is 1. The Bertz CT molecular complexity index is 1300. The lowest BCUT2D eigenvalue weighted by atomic mass is 10.2. The van der Waals surface area contributed by atoms with Crippen LogP contribution < -0.4 is 26.0 Å². The number of amides is 1. The van der Waals surface area contributed by atoms with Crippen LogP contribution >= 0.6 is 0 Å². The van der Waals surface area contributed by atoms with Gasteiger partial charge in [-0.2, -0.15) is 0 Å². The summed E-state index contributed by atoms with van der Waals surface area (Å²) in [6.07, 6.45) is 3.58. The molecule has 3 rings (SSSR count). The Morgan fingerprint density at radius 3 is 2.47 bits per heavy atom. The van der Waals surface area contributed by atoms with E-state index in [0.717, 1.165) is 5.56 Å². The van der Waals surface area contributed by atoms with Gasteiger partial charge in [-0.3, -0.25) is 18.7 Å². The minimum Gasteiger partial charge on any atom is -0.493 e. The van der Waals surface area contributed by atoms with E-state index < -0.39 is 0 Å². The summed E-state index contributed by atoms with van der Waals surface area (Å²) in [5.74, 6) is 1.21. The lowest BCUT2D eigenvalue weighted by molar-refractivity contribution is -0.122. The molecule has 0 aliphatic rings. The van der Waals surface area contributed by atoms with Crippen molar-refractivity contribution in [2.75, 3.05) is 20.8 Å². The first kappa shape index (κ1) is 22.9. The number of nitrogens with one attached hydrogen (secondary N) is 1. The van der Waals surface area contributed by atoms with E-state index in [1.807, 2.05) is 19.1 Å². The number of aryl methyl sites for hydroxylation is 2. The highest BCUT2D eigenvalue weighted by Crippen LogP contribution is 2.28. The van der Waals surface area contributed by atoms with Gasteiger partial charge in [0.1, 0.15) is 5.82 Å². The Hall–Kier alpha value is -3.82. The van der Waals surface area contributed by atoms with Gasteiger partial charge in [-0.25, -0.2) is 9.78 Å². The monoisotopic (exact) mass is 441 g/mol. The third-order valence-corrected chi connectivity index (χ3v) is 5.16. The van der Waals surface area contributed by atoms with E-state index in [-0.39, 0.29) is 30.3 Å². The molecule has 0 saturated carbocycles. The smallest absolute Gasteiger partial charge is 0.332 e. The van der Waals surface area contributed by atoms with E-state index in [1.165, 1.54) is 23.3 Å². The summed E-state index contributed by atoms with van der Waals surface area (Å²) in [6.45, 7) is 4.19. The molecule has 10 heteroatoms. The van der Waals surface area contributed by atoms with Crippen molar-refractivity contribution >= 4 is 29.2 Å². The number of benzene rings is 1. The minimum atomic E-state index is -0.363. The minimum absolute atomic E-state index is 0.115. The van der Waals surface area contributed by atoms with Crippen molar-refractivity contribution in [2.24, 2.45) is 7.05 Å². The molecule has 0 radical (unpaired) electrons. The fourth-order valence-corrected chi connectivity index (χ4v) is 3.39. The first-order valence-electron chi connectivity index (χ1n) is 10.3. The molecule has 10 nitrogen and oxygen atoms in total. The largest absolute Gasteiger partial charge is 0.493 e. The Balaban J connectivity index is 1.99. The molecule has 0 aliphatic heterocycles. The summed E-state index contributed by atoms with van der Waals surface area (Å²) in [6, 6.07) is 5.29. The van der Waals surface area contributed by atoms with Crippen LogP contribution in [0, 0.1) is 0 Å². The number of carbonyl (C=O) groups is 1. The number of fused-ring (bicyclic) bond motifs is 1. The van der Waals surface area contributed by atoms with Gasteiger partial charge in [0.2, 0.25) is 0 Å². The molecule has 1 N–H and O–H groups in total. The number of hydrogen-bond donors (Lipinski definition) is 1. The molecule has 2 heterocycles. The predicted molar refractivity (Wildman–Crippen MR) is 122 cm³/mol. The molecule has 0 spiro atoms. The van der Waals surface area contributed by atoms with Crippen LogP contribution in [0.15, 0.2) is 27.8 Å². The normalized spacial score (nSPS) is 11.3. The summed E-state index contributed by atoms with van der Waals surface area (Å²) in [5, 5.41) is 2.49. The number of aromatic nitrogens is 4. The van der Waals surface area contributed by atoms with Crippen LogP contribution in [0.4, 0.5) is 0 Å².